The number of aryl methyl sites for hydroxylation is 1. The second-order valence-corrected chi connectivity index (χ2v) is 4.26. The van der Waals surface area contributed by atoms with Crippen molar-refractivity contribution in [3.8, 4) is 0 Å². The quantitative estimate of drug-likeness (QED) is 0.716. The molecule has 0 aliphatic carbocycles. The molecule has 1 aromatic rings. The molecule has 0 saturated heterocycles. The molecule has 3 heteroatoms. The van der Waals surface area contributed by atoms with Crippen molar-refractivity contribution in [3.05, 3.63) is 48.7 Å². The fourth-order valence-electron chi connectivity index (χ4n) is 1.87. The highest BCUT2D eigenvalue weighted by Crippen LogP contribution is 2.16. The van der Waals surface area contributed by atoms with E-state index >= 15 is 0 Å². The number of anilines is 1. The first-order chi connectivity index (χ1) is 8.74. The van der Waals surface area contributed by atoms with Crippen LogP contribution in [0.25, 0.3) is 0 Å². The highest BCUT2D eigenvalue weighted by molar-refractivity contribution is 5.44. The maximum Gasteiger partial charge on any atom is 0.129 e. The minimum Gasteiger partial charge on any atom is -0.349 e. The SMILES string of the molecule is C=CCN(CC=C)c1cc(CN)cc(CCC)n1. The van der Waals surface area contributed by atoms with Crippen LogP contribution in [0.5, 0.6) is 0 Å². The van der Waals surface area contributed by atoms with Crippen molar-refractivity contribution in [3.63, 3.8) is 0 Å². The Morgan fingerprint density at radius 2 is 1.94 bits per heavy atom. The van der Waals surface area contributed by atoms with E-state index in [0.29, 0.717) is 6.54 Å². The van der Waals surface area contributed by atoms with Crippen molar-refractivity contribution in [1.29, 1.82) is 0 Å². The predicted molar refractivity (Wildman–Crippen MR) is 78.7 cm³/mol. The number of rotatable bonds is 8. The summed E-state index contributed by atoms with van der Waals surface area (Å²) in [4.78, 5) is 6.82. The number of nitrogens with zero attached hydrogens (tertiary/aromatic N) is 2. The first-order valence-corrected chi connectivity index (χ1v) is 6.41. The first kappa shape index (κ1) is 14.5. The van der Waals surface area contributed by atoms with E-state index < -0.39 is 0 Å². The van der Waals surface area contributed by atoms with Gasteiger partial charge in [-0.05, 0) is 24.1 Å². The fraction of sp³-hybridized carbons (Fsp3) is 0.400. The van der Waals surface area contributed by atoms with E-state index in [1.165, 1.54) is 0 Å². The highest BCUT2D eigenvalue weighted by Gasteiger charge is 2.07. The minimum atomic E-state index is 0.544. The number of hydrogen-bond acceptors (Lipinski definition) is 3. The van der Waals surface area contributed by atoms with E-state index in [2.05, 4.69) is 36.0 Å². The number of hydrogen-bond donors (Lipinski definition) is 1. The highest BCUT2D eigenvalue weighted by atomic mass is 15.2. The van der Waals surface area contributed by atoms with Crippen LogP contribution in [0.4, 0.5) is 5.82 Å². The lowest BCUT2D eigenvalue weighted by molar-refractivity contribution is 0.849. The lowest BCUT2D eigenvalue weighted by atomic mass is 10.1. The third kappa shape index (κ3) is 4.00. The molecule has 0 aliphatic heterocycles. The lowest BCUT2D eigenvalue weighted by Gasteiger charge is -2.21. The van der Waals surface area contributed by atoms with E-state index in [4.69, 9.17) is 5.73 Å². The number of pyridine rings is 1. The molecule has 2 N–H and O–H groups in total. The summed E-state index contributed by atoms with van der Waals surface area (Å²) in [5, 5.41) is 0. The molecular formula is C15H23N3. The molecule has 0 aromatic carbocycles. The van der Waals surface area contributed by atoms with Crippen LogP contribution < -0.4 is 10.6 Å². The van der Waals surface area contributed by atoms with Crippen molar-refractivity contribution in [2.45, 2.75) is 26.3 Å². The summed E-state index contributed by atoms with van der Waals surface area (Å²) in [6.07, 6.45) is 5.82. The summed E-state index contributed by atoms with van der Waals surface area (Å²) in [6.45, 7) is 11.8. The van der Waals surface area contributed by atoms with Gasteiger partial charge in [0, 0.05) is 25.3 Å². The lowest BCUT2D eigenvalue weighted by Crippen LogP contribution is -2.24. The van der Waals surface area contributed by atoms with Crippen LogP contribution >= 0.6 is 0 Å². The molecule has 98 valence electrons. The molecule has 1 rings (SSSR count). The van der Waals surface area contributed by atoms with Crippen molar-refractivity contribution in [2.24, 2.45) is 5.73 Å². The van der Waals surface area contributed by atoms with Crippen molar-refractivity contribution < 1.29 is 0 Å². The second-order valence-electron chi connectivity index (χ2n) is 4.26. The Bertz CT molecular complexity index is 389. The number of aromatic nitrogens is 1. The zero-order valence-electron chi connectivity index (χ0n) is 11.2. The Balaban J connectivity index is 3.06. The molecule has 1 aromatic heterocycles. The van der Waals surface area contributed by atoms with E-state index in [1.54, 1.807) is 0 Å². The third-order valence-electron chi connectivity index (χ3n) is 2.69. The van der Waals surface area contributed by atoms with Crippen LogP contribution in [0.3, 0.4) is 0 Å². The summed E-state index contributed by atoms with van der Waals surface area (Å²) in [6, 6.07) is 4.14. The number of nitrogens with two attached hydrogens (primary N) is 1. The van der Waals surface area contributed by atoms with Crippen LogP contribution in [0.15, 0.2) is 37.4 Å². The van der Waals surface area contributed by atoms with Gasteiger partial charge in [-0.25, -0.2) is 4.98 Å². The van der Waals surface area contributed by atoms with Gasteiger partial charge in [0.2, 0.25) is 0 Å². The maximum absolute atomic E-state index is 5.75. The molecule has 0 atom stereocenters. The molecular weight excluding hydrogens is 222 g/mol. The van der Waals surface area contributed by atoms with Crippen molar-refractivity contribution in [2.75, 3.05) is 18.0 Å². The maximum atomic E-state index is 5.75. The van der Waals surface area contributed by atoms with Gasteiger partial charge in [0.1, 0.15) is 5.82 Å². The zero-order valence-corrected chi connectivity index (χ0v) is 11.2. The van der Waals surface area contributed by atoms with Gasteiger partial charge in [0.15, 0.2) is 0 Å². The predicted octanol–water partition coefficient (Wildman–Crippen LogP) is 2.67. The molecule has 1 heterocycles. The average Bonchev–Trinajstić information content (AvgIpc) is 2.38. The summed E-state index contributed by atoms with van der Waals surface area (Å²) >= 11 is 0. The van der Waals surface area contributed by atoms with Crippen LogP contribution in [0.2, 0.25) is 0 Å². The first-order valence-electron chi connectivity index (χ1n) is 6.41. The van der Waals surface area contributed by atoms with E-state index in [1.807, 2.05) is 18.2 Å². The fourth-order valence-corrected chi connectivity index (χ4v) is 1.87. The van der Waals surface area contributed by atoms with Gasteiger partial charge in [-0.15, -0.1) is 13.2 Å². The van der Waals surface area contributed by atoms with Crippen LogP contribution in [-0.2, 0) is 13.0 Å². The Labute approximate surface area is 110 Å². The summed E-state index contributed by atoms with van der Waals surface area (Å²) in [7, 11) is 0. The molecule has 0 radical (unpaired) electrons. The van der Waals surface area contributed by atoms with Crippen LogP contribution in [-0.4, -0.2) is 18.1 Å². The van der Waals surface area contributed by atoms with Gasteiger partial charge in [0.05, 0.1) is 0 Å². The molecule has 3 nitrogen and oxygen atoms in total. The van der Waals surface area contributed by atoms with Gasteiger partial charge in [0.25, 0.3) is 0 Å². The Hall–Kier alpha value is -1.61. The molecule has 0 amide bonds. The Morgan fingerprint density at radius 3 is 2.44 bits per heavy atom. The van der Waals surface area contributed by atoms with E-state index in [-0.39, 0.29) is 0 Å². The molecule has 0 aliphatic rings. The molecule has 0 saturated carbocycles. The molecule has 18 heavy (non-hydrogen) atoms. The minimum absolute atomic E-state index is 0.544. The molecule has 0 fully saturated rings. The van der Waals surface area contributed by atoms with E-state index in [9.17, 15) is 0 Å². The van der Waals surface area contributed by atoms with Gasteiger partial charge in [-0.3, -0.25) is 0 Å². The summed E-state index contributed by atoms with van der Waals surface area (Å²) in [5.74, 6) is 0.959. The van der Waals surface area contributed by atoms with Crippen molar-refractivity contribution >= 4 is 5.82 Å². The summed E-state index contributed by atoms with van der Waals surface area (Å²) < 4.78 is 0. The van der Waals surface area contributed by atoms with Gasteiger partial charge in [-0.2, -0.15) is 0 Å². The Morgan fingerprint density at radius 1 is 1.28 bits per heavy atom. The third-order valence-corrected chi connectivity index (χ3v) is 2.69. The largest absolute Gasteiger partial charge is 0.349 e. The van der Waals surface area contributed by atoms with Gasteiger partial charge in [-0.1, -0.05) is 25.5 Å². The zero-order chi connectivity index (χ0) is 13.4. The van der Waals surface area contributed by atoms with Gasteiger partial charge >= 0.3 is 0 Å². The smallest absolute Gasteiger partial charge is 0.129 e. The van der Waals surface area contributed by atoms with Gasteiger partial charge < -0.3 is 10.6 Å². The van der Waals surface area contributed by atoms with Crippen LogP contribution in [0, 0.1) is 0 Å². The average molecular weight is 245 g/mol. The Kier molecular flexibility index (Phi) is 6.15. The van der Waals surface area contributed by atoms with E-state index in [0.717, 1.165) is 43.0 Å². The van der Waals surface area contributed by atoms with Crippen molar-refractivity contribution in [1.82, 2.24) is 4.98 Å². The monoisotopic (exact) mass is 245 g/mol. The molecule has 0 spiro atoms. The summed E-state index contributed by atoms with van der Waals surface area (Å²) in [5.41, 5.74) is 7.98. The molecule has 0 unspecified atom stereocenters. The second kappa shape index (κ2) is 7.67. The normalized spacial score (nSPS) is 10.1. The standard InChI is InChI=1S/C15H23N3/c1-4-7-14-10-13(12-16)11-15(17-14)18(8-5-2)9-6-3/h5-6,10-11H,2-4,7-9,12,16H2,1H3. The topological polar surface area (TPSA) is 42.1 Å². The molecule has 0 bridgehead atoms. The van der Waals surface area contributed by atoms with Crippen LogP contribution in [0.1, 0.15) is 24.6 Å².